The normalized spacial score (nSPS) is 10.8. The summed E-state index contributed by atoms with van der Waals surface area (Å²) in [5, 5.41) is 0.625. The smallest absolute Gasteiger partial charge is 0.157 e. The molecule has 0 unspecified atom stereocenters. The van der Waals surface area contributed by atoms with Crippen molar-refractivity contribution in [3.8, 4) is 11.5 Å². The minimum atomic E-state index is 0.625. The maximum atomic E-state index is 5.78. The minimum absolute atomic E-state index is 0.625. The van der Waals surface area contributed by atoms with E-state index in [0.717, 1.165) is 22.6 Å². The highest BCUT2D eigenvalue weighted by Crippen LogP contribution is 2.19. The Morgan fingerprint density at radius 3 is 2.69 bits per heavy atom. The number of fused-ring (bicyclic) bond motifs is 1. The van der Waals surface area contributed by atoms with Gasteiger partial charge < -0.3 is 4.98 Å². The number of H-pyrrole nitrogens is 1. The summed E-state index contributed by atoms with van der Waals surface area (Å²) in [4.78, 5) is 11.9. The summed E-state index contributed by atoms with van der Waals surface area (Å²) >= 11 is 5.78. The molecular weight excluding hydrogens is 222 g/mol. The van der Waals surface area contributed by atoms with Gasteiger partial charge in [-0.3, -0.25) is 4.98 Å². The highest BCUT2D eigenvalue weighted by Gasteiger charge is 2.05. The van der Waals surface area contributed by atoms with Crippen LogP contribution < -0.4 is 0 Å². The Bertz CT molecular complexity index is 595. The first-order valence-electron chi connectivity index (χ1n) is 4.89. The van der Waals surface area contributed by atoms with Crippen molar-refractivity contribution in [1.82, 2.24) is 15.0 Å². The van der Waals surface area contributed by atoms with Crippen LogP contribution >= 0.6 is 11.6 Å². The van der Waals surface area contributed by atoms with Gasteiger partial charge >= 0.3 is 0 Å². The third-order valence-corrected chi connectivity index (χ3v) is 2.58. The molecule has 3 aromatic rings. The van der Waals surface area contributed by atoms with Crippen LogP contribution in [-0.2, 0) is 0 Å². The van der Waals surface area contributed by atoms with Crippen LogP contribution in [-0.4, -0.2) is 15.0 Å². The highest BCUT2D eigenvalue weighted by atomic mass is 35.5. The Morgan fingerprint density at radius 1 is 1.06 bits per heavy atom. The van der Waals surface area contributed by atoms with Crippen LogP contribution in [0, 0.1) is 0 Å². The summed E-state index contributed by atoms with van der Waals surface area (Å²) < 4.78 is 0. The van der Waals surface area contributed by atoms with Crippen molar-refractivity contribution in [2.45, 2.75) is 0 Å². The quantitative estimate of drug-likeness (QED) is 0.696. The number of aromatic nitrogens is 3. The molecule has 0 aliphatic rings. The molecule has 0 aliphatic heterocycles. The zero-order valence-corrected chi connectivity index (χ0v) is 9.07. The number of nitrogens with zero attached hydrogens (tertiary/aromatic N) is 2. The topological polar surface area (TPSA) is 41.6 Å². The molecule has 1 N–H and O–H groups in total. The van der Waals surface area contributed by atoms with Gasteiger partial charge in [0.1, 0.15) is 5.69 Å². The van der Waals surface area contributed by atoms with Crippen molar-refractivity contribution in [2.24, 2.45) is 0 Å². The Kier molecular flexibility index (Phi) is 2.11. The summed E-state index contributed by atoms with van der Waals surface area (Å²) in [5.41, 5.74) is 2.74. The van der Waals surface area contributed by atoms with Gasteiger partial charge in [0.25, 0.3) is 0 Å². The lowest BCUT2D eigenvalue weighted by Crippen LogP contribution is -1.84. The fourth-order valence-corrected chi connectivity index (χ4v) is 1.70. The van der Waals surface area contributed by atoms with Crippen LogP contribution in [0.15, 0.2) is 42.6 Å². The molecule has 3 nitrogen and oxygen atoms in total. The van der Waals surface area contributed by atoms with Crippen molar-refractivity contribution in [3.05, 3.63) is 47.6 Å². The average molecular weight is 230 g/mol. The Balaban J connectivity index is 2.15. The van der Waals surface area contributed by atoms with E-state index >= 15 is 0 Å². The van der Waals surface area contributed by atoms with Gasteiger partial charge in [-0.2, -0.15) is 0 Å². The van der Waals surface area contributed by atoms with Gasteiger partial charge in [0.2, 0.25) is 0 Å². The zero-order chi connectivity index (χ0) is 11.0. The van der Waals surface area contributed by atoms with Gasteiger partial charge in [-0.15, -0.1) is 0 Å². The van der Waals surface area contributed by atoms with Crippen LogP contribution in [0.3, 0.4) is 0 Å². The number of pyridine rings is 1. The number of hydrogen-bond donors (Lipinski definition) is 1. The van der Waals surface area contributed by atoms with E-state index in [2.05, 4.69) is 15.0 Å². The van der Waals surface area contributed by atoms with Crippen molar-refractivity contribution in [1.29, 1.82) is 0 Å². The Hall–Kier alpha value is -1.87. The molecule has 0 spiro atoms. The molecule has 3 rings (SSSR count). The van der Waals surface area contributed by atoms with Gasteiger partial charge in [-0.25, -0.2) is 4.98 Å². The van der Waals surface area contributed by atoms with E-state index < -0.39 is 0 Å². The van der Waals surface area contributed by atoms with Crippen LogP contribution in [0.1, 0.15) is 0 Å². The van der Waals surface area contributed by atoms with Crippen molar-refractivity contribution < 1.29 is 0 Å². The van der Waals surface area contributed by atoms with Gasteiger partial charge in [-0.1, -0.05) is 23.7 Å². The first-order valence-corrected chi connectivity index (χ1v) is 5.27. The molecule has 78 valence electrons. The van der Waals surface area contributed by atoms with Crippen LogP contribution in [0.4, 0.5) is 0 Å². The molecule has 0 radical (unpaired) electrons. The summed E-state index contributed by atoms with van der Waals surface area (Å²) in [6.07, 6.45) is 1.62. The van der Waals surface area contributed by atoms with E-state index in [1.807, 2.05) is 30.3 Å². The summed E-state index contributed by atoms with van der Waals surface area (Å²) in [5.74, 6) is 0.762. The summed E-state index contributed by atoms with van der Waals surface area (Å²) in [6, 6.07) is 11.5. The van der Waals surface area contributed by atoms with E-state index in [4.69, 9.17) is 11.6 Å². The van der Waals surface area contributed by atoms with E-state index in [1.54, 1.807) is 12.3 Å². The lowest BCUT2D eigenvalue weighted by molar-refractivity contribution is 1.24. The maximum Gasteiger partial charge on any atom is 0.157 e. The van der Waals surface area contributed by atoms with E-state index in [0.29, 0.717) is 5.02 Å². The van der Waals surface area contributed by atoms with E-state index in [1.165, 1.54) is 0 Å². The second kappa shape index (κ2) is 3.61. The molecule has 0 aliphatic carbocycles. The molecule has 0 atom stereocenters. The molecule has 0 saturated heterocycles. The number of benzene rings is 1. The average Bonchev–Trinajstić information content (AvgIpc) is 2.73. The van der Waals surface area contributed by atoms with Crippen molar-refractivity contribution in [2.75, 3.05) is 0 Å². The highest BCUT2D eigenvalue weighted by molar-refractivity contribution is 6.30. The molecule has 0 bridgehead atoms. The predicted molar refractivity (Wildman–Crippen MR) is 64.3 cm³/mol. The van der Waals surface area contributed by atoms with Crippen LogP contribution in [0.2, 0.25) is 5.02 Å². The molecule has 1 aromatic carbocycles. The molecular formula is C12H8ClN3. The fraction of sp³-hybridized carbons (Fsp3) is 0. The maximum absolute atomic E-state index is 5.78. The summed E-state index contributed by atoms with van der Waals surface area (Å²) in [6.45, 7) is 0. The molecule has 0 fully saturated rings. The third-order valence-electron chi connectivity index (χ3n) is 2.36. The first-order chi connectivity index (χ1) is 7.83. The molecule has 2 aromatic heterocycles. The van der Waals surface area contributed by atoms with Crippen molar-refractivity contribution in [3.63, 3.8) is 0 Å². The van der Waals surface area contributed by atoms with Gasteiger partial charge in [0.05, 0.1) is 16.1 Å². The van der Waals surface area contributed by atoms with Crippen LogP contribution in [0.25, 0.3) is 22.6 Å². The van der Waals surface area contributed by atoms with Gasteiger partial charge in [0, 0.05) is 6.20 Å². The molecule has 0 saturated carbocycles. The lowest BCUT2D eigenvalue weighted by Gasteiger charge is -1.94. The standard InChI is InChI=1S/C12H8ClN3/c13-8-5-6-11(14-7-8)12-15-9-3-1-2-4-10(9)16-12/h1-7H,(H,15,16). The number of nitrogens with one attached hydrogen (secondary N) is 1. The summed E-state index contributed by atoms with van der Waals surface area (Å²) in [7, 11) is 0. The molecule has 16 heavy (non-hydrogen) atoms. The lowest BCUT2D eigenvalue weighted by atomic mass is 10.3. The number of halogens is 1. The third kappa shape index (κ3) is 1.55. The SMILES string of the molecule is Clc1ccc(-c2nc3ccccc3[nH]2)nc1. The van der Waals surface area contributed by atoms with Crippen molar-refractivity contribution >= 4 is 22.6 Å². The van der Waals surface area contributed by atoms with E-state index in [9.17, 15) is 0 Å². The zero-order valence-electron chi connectivity index (χ0n) is 8.31. The number of aromatic amines is 1. The molecule has 4 heteroatoms. The van der Waals surface area contributed by atoms with E-state index in [-0.39, 0.29) is 0 Å². The van der Waals surface area contributed by atoms with Gasteiger partial charge in [-0.05, 0) is 24.3 Å². The molecule has 2 heterocycles. The van der Waals surface area contributed by atoms with Gasteiger partial charge in [0.15, 0.2) is 5.82 Å². The molecule has 0 amide bonds. The fourth-order valence-electron chi connectivity index (χ4n) is 1.59. The Morgan fingerprint density at radius 2 is 1.94 bits per heavy atom. The monoisotopic (exact) mass is 229 g/mol. The largest absolute Gasteiger partial charge is 0.337 e. The number of imidazole rings is 1. The number of para-hydroxylation sites is 2. The minimum Gasteiger partial charge on any atom is -0.337 e. The second-order valence-corrected chi connectivity index (χ2v) is 3.90. The van der Waals surface area contributed by atoms with Crippen LogP contribution in [0.5, 0.6) is 0 Å². The predicted octanol–water partition coefficient (Wildman–Crippen LogP) is 3.28. The first kappa shape index (κ1) is 9.36. The number of hydrogen-bond acceptors (Lipinski definition) is 2. The Labute approximate surface area is 97.1 Å². The number of rotatable bonds is 1. The second-order valence-electron chi connectivity index (χ2n) is 3.46.